The van der Waals surface area contributed by atoms with Crippen LogP contribution in [0, 0.1) is 0 Å². The first-order valence-corrected chi connectivity index (χ1v) is 6.22. The molecular weight excluding hydrogens is 284 g/mol. The molecule has 1 aromatic rings. The minimum absolute atomic E-state index is 0.244. The zero-order chi connectivity index (χ0) is 12.8. The molecule has 0 bridgehead atoms. The summed E-state index contributed by atoms with van der Waals surface area (Å²) in [5, 5.41) is 4.08. The molecule has 1 N–H and O–H groups in total. The van der Waals surface area contributed by atoms with E-state index in [0.29, 0.717) is 33.9 Å². The summed E-state index contributed by atoms with van der Waals surface area (Å²) >= 11 is 17.5. The summed E-state index contributed by atoms with van der Waals surface area (Å²) in [7, 11) is 0. The van der Waals surface area contributed by atoms with Crippen LogP contribution in [-0.2, 0) is 9.53 Å². The van der Waals surface area contributed by atoms with Crippen LogP contribution < -0.4 is 5.32 Å². The molecule has 94 valence electrons. The standard InChI is InChI=1S/C11H12Cl3NO2/c1-2-17-10(16)3-4-15-7-5-8(12)11(14)9(13)6-7/h5-6,15H,2-4H2,1H3. The van der Waals surface area contributed by atoms with E-state index in [1.165, 1.54) is 0 Å². The number of carbonyl (C=O) groups is 1. The normalized spacial score (nSPS) is 10.1. The molecule has 0 aliphatic rings. The average Bonchev–Trinajstić information content (AvgIpc) is 2.26. The summed E-state index contributed by atoms with van der Waals surface area (Å²) in [5.74, 6) is -0.244. The first-order chi connectivity index (χ1) is 8.04. The highest BCUT2D eigenvalue weighted by Gasteiger charge is 2.06. The fourth-order valence-corrected chi connectivity index (χ4v) is 1.80. The van der Waals surface area contributed by atoms with Crippen LogP contribution in [0.1, 0.15) is 13.3 Å². The smallest absolute Gasteiger partial charge is 0.307 e. The largest absolute Gasteiger partial charge is 0.466 e. The summed E-state index contributed by atoms with van der Waals surface area (Å²) < 4.78 is 4.79. The zero-order valence-corrected chi connectivity index (χ0v) is 11.5. The van der Waals surface area contributed by atoms with Crippen molar-refractivity contribution in [1.29, 1.82) is 0 Å². The number of esters is 1. The molecule has 6 heteroatoms. The van der Waals surface area contributed by atoms with E-state index in [1.54, 1.807) is 19.1 Å². The van der Waals surface area contributed by atoms with Gasteiger partial charge in [-0.2, -0.15) is 0 Å². The quantitative estimate of drug-likeness (QED) is 0.659. The van der Waals surface area contributed by atoms with E-state index in [4.69, 9.17) is 39.5 Å². The lowest BCUT2D eigenvalue weighted by Gasteiger charge is -2.08. The van der Waals surface area contributed by atoms with Gasteiger partial charge in [0.2, 0.25) is 0 Å². The van der Waals surface area contributed by atoms with Gasteiger partial charge >= 0.3 is 5.97 Å². The molecule has 0 saturated heterocycles. The Bertz CT molecular complexity index is 387. The van der Waals surface area contributed by atoms with E-state index >= 15 is 0 Å². The first kappa shape index (κ1) is 14.4. The number of benzene rings is 1. The molecule has 0 aliphatic heterocycles. The first-order valence-electron chi connectivity index (χ1n) is 5.08. The second kappa shape index (κ2) is 6.94. The predicted molar refractivity (Wildman–Crippen MR) is 71.2 cm³/mol. The number of anilines is 1. The number of nitrogens with one attached hydrogen (secondary N) is 1. The van der Waals surface area contributed by atoms with Gasteiger partial charge in [0, 0.05) is 12.2 Å². The van der Waals surface area contributed by atoms with Gasteiger partial charge in [0.25, 0.3) is 0 Å². The molecule has 3 nitrogen and oxygen atoms in total. The van der Waals surface area contributed by atoms with Gasteiger partial charge in [0.05, 0.1) is 28.1 Å². The van der Waals surface area contributed by atoms with Crippen molar-refractivity contribution in [2.24, 2.45) is 0 Å². The summed E-state index contributed by atoms with van der Waals surface area (Å²) in [6.45, 7) is 2.61. The Morgan fingerprint density at radius 3 is 2.41 bits per heavy atom. The third kappa shape index (κ3) is 4.62. The molecule has 0 saturated carbocycles. The van der Waals surface area contributed by atoms with Gasteiger partial charge in [-0.25, -0.2) is 0 Å². The summed E-state index contributed by atoms with van der Waals surface area (Å²) in [5.41, 5.74) is 0.716. The number of halogens is 3. The van der Waals surface area contributed by atoms with Crippen molar-refractivity contribution in [3.05, 3.63) is 27.2 Å². The van der Waals surface area contributed by atoms with Gasteiger partial charge in [-0.1, -0.05) is 34.8 Å². The second-order valence-electron chi connectivity index (χ2n) is 3.24. The maximum atomic E-state index is 11.1. The number of hydrogen-bond acceptors (Lipinski definition) is 3. The van der Waals surface area contributed by atoms with Gasteiger partial charge in [-0.15, -0.1) is 0 Å². The molecule has 0 amide bonds. The number of rotatable bonds is 5. The molecule has 17 heavy (non-hydrogen) atoms. The number of hydrogen-bond donors (Lipinski definition) is 1. The zero-order valence-electron chi connectivity index (χ0n) is 9.23. The van der Waals surface area contributed by atoms with Crippen LogP contribution in [0.3, 0.4) is 0 Å². The van der Waals surface area contributed by atoms with Crippen LogP contribution >= 0.6 is 34.8 Å². The molecule has 0 unspecified atom stereocenters. The minimum Gasteiger partial charge on any atom is -0.466 e. The van der Waals surface area contributed by atoms with Crippen molar-refractivity contribution in [2.45, 2.75) is 13.3 Å². The Morgan fingerprint density at radius 2 is 1.88 bits per heavy atom. The predicted octanol–water partition coefficient (Wildman–Crippen LogP) is 4.01. The second-order valence-corrected chi connectivity index (χ2v) is 4.43. The van der Waals surface area contributed by atoms with E-state index in [2.05, 4.69) is 5.32 Å². The van der Waals surface area contributed by atoms with Crippen molar-refractivity contribution in [3.8, 4) is 0 Å². The van der Waals surface area contributed by atoms with Crippen LogP contribution in [0.5, 0.6) is 0 Å². The van der Waals surface area contributed by atoms with Crippen LogP contribution in [0.4, 0.5) is 5.69 Å². The van der Waals surface area contributed by atoms with Crippen LogP contribution in [-0.4, -0.2) is 19.1 Å². The monoisotopic (exact) mass is 295 g/mol. The maximum absolute atomic E-state index is 11.1. The van der Waals surface area contributed by atoms with Gasteiger partial charge in [-0.3, -0.25) is 4.79 Å². The topological polar surface area (TPSA) is 38.3 Å². The molecule has 0 radical (unpaired) electrons. The highest BCUT2D eigenvalue weighted by atomic mass is 35.5. The highest BCUT2D eigenvalue weighted by Crippen LogP contribution is 2.32. The summed E-state index contributed by atoms with van der Waals surface area (Å²) in [6, 6.07) is 3.31. The van der Waals surface area contributed by atoms with Crippen molar-refractivity contribution < 1.29 is 9.53 Å². The van der Waals surface area contributed by atoms with E-state index in [-0.39, 0.29) is 12.4 Å². The molecule has 0 heterocycles. The average molecular weight is 297 g/mol. The Labute approximate surface area is 115 Å². The van der Waals surface area contributed by atoms with Gasteiger partial charge in [-0.05, 0) is 19.1 Å². The Kier molecular flexibility index (Phi) is 5.89. The summed E-state index contributed by atoms with van der Waals surface area (Å²) in [6.07, 6.45) is 0.283. The molecule has 0 atom stereocenters. The van der Waals surface area contributed by atoms with Crippen molar-refractivity contribution in [3.63, 3.8) is 0 Å². The molecule has 0 fully saturated rings. The van der Waals surface area contributed by atoms with Crippen LogP contribution in [0.25, 0.3) is 0 Å². The van der Waals surface area contributed by atoms with Gasteiger partial charge in [0.1, 0.15) is 0 Å². The highest BCUT2D eigenvalue weighted by molar-refractivity contribution is 6.48. The maximum Gasteiger partial charge on any atom is 0.307 e. The van der Waals surface area contributed by atoms with Crippen molar-refractivity contribution in [2.75, 3.05) is 18.5 Å². The van der Waals surface area contributed by atoms with Gasteiger partial charge in [0.15, 0.2) is 0 Å². The van der Waals surface area contributed by atoms with E-state index in [0.717, 1.165) is 0 Å². The van der Waals surface area contributed by atoms with Gasteiger partial charge < -0.3 is 10.1 Å². The molecule has 1 rings (SSSR count). The number of ether oxygens (including phenoxy) is 1. The molecule has 1 aromatic carbocycles. The lowest BCUT2D eigenvalue weighted by Crippen LogP contribution is -2.11. The molecular formula is C11H12Cl3NO2. The SMILES string of the molecule is CCOC(=O)CCNc1cc(Cl)c(Cl)c(Cl)c1. The Morgan fingerprint density at radius 1 is 1.29 bits per heavy atom. The lowest BCUT2D eigenvalue weighted by atomic mass is 10.3. The van der Waals surface area contributed by atoms with Crippen molar-refractivity contribution in [1.82, 2.24) is 0 Å². The summed E-state index contributed by atoms with van der Waals surface area (Å²) in [4.78, 5) is 11.1. The third-order valence-electron chi connectivity index (χ3n) is 1.95. The van der Waals surface area contributed by atoms with E-state index in [1.807, 2.05) is 0 Å². The van der Waals surface area contributed by atoms with Crippen molar-refractivity contribution >= 4 is 46.5 Å². The fourth-order valence-electron chi connectivity index (χ4n) is 1.20. The lowest BCUT2D eigenvalue weighted by molar-refractivity contribution is -0.142. The fraction of sp³-hybridized carbons (Fsp3) is 0.364. The van der Waals surface area contributed by atoms with E-state index in [9.17, 15) is 4.79 Å². The van der Waals surface area contributed by atoms with Crippen LogP contribution in [0.15, 0.2) is 12.1 Å². The minimum atomic E-state index is -0.244. The third-order valence-corrected chi connectivity index (χ3v) is 3.14. The van der Waals surface area contributed by atoms with E-state index < -0.39 is 0 Å². The number of carbonyl (C=O) groups excluding carboxylic acids is 1. The molecule has 0 aliphatic carbocycles. The Hall–Kier alpha value is -0.640. The Balaban J connectivity index is 2.50. The molecule has 0 spiro atoms. The molecule has 0 aromatic heterocycles. The van der Waals surface area contributed by atoms with Crippen LogP contribution in [0.2, 0.25) is 15.1 Å².